The van der Waals surface area contributed by atoms with Gasteiger partial charge in [-0.2, -0.15) is 0 Å². The first-order chi connectivity index (χ1) is 12.7. The summed E-state index contributed by atoms with van der Waals surface area (Å²) in [6, 6.07) is 12.4. The molecule has 6 nitrogen and oxygen atoms in total. The minimum atomic E-state index is -0.449. The zero-order valence-electron chi connectivity index (χ0n) is 14.4. The van der Waals surface area contributed by atoms with Crippen molar-refractivity contribution in [3.8, 4) is 11.5 Å². The van der Waals surface area contributed by atoms with Gasteiger partial charge in [0, 0.05) is 18.5 Å². The molecule has 0 saturated carbocycles. The zero-order chi connectivity index (χ0) is 18.1. The van der Waals surface area contributed by atoms with Crippen LogP contribution in [0.15, 0.2) is 53.1 Å². The molecule has 3 heterocycles. The van der Waals surface area contributed by atoms with E-state index in [9.17, 15) is 9.59 Å². The third-order valence-corrected chi connectivity index (χ3v) is 4.70. The van der Waals surface area contributed by atoms with Crippen LogP contribution in [0.3, 0.4) is 0 Å². The van der Waals surface area contributed by atoms with Crippen LogP contribution in [-0.4, -0.2) is 40.8 Å². The largest absolute Gasteiger partial charge is 0.463 e. The molecule has 4 rings (SSSR count). The molecule has 0 bridgehead atoms. The van der Waals surface area contributed by atoms with Gasteiger partial charge in [0.2, 0.25) is 5.91 Å². The number of hydrogen-bond donors (Lipinski definition) is 1. The molecular formula is C20H19N3O3. The Morgan fingerprint density at radius 2 is 2.15 bits per heavy atom. The van der Waals surface area contributed by atoms with Crippen LogP contribution in [0.2, 0.25) is 0 Å². The normalized spacial score (nSPS) is 17.3. The van der Waals surface area contributed by atoms with Crippen LogP contribution in [0.4, 0.5) is 0 Å². The van der Waals surface area contributed by atoms with E-state index in [1.807, 2.05) is 37.3 Å². The fourth-order valence-corrected chi connectivity index (χ4v) is 3.42. The van der Waals surface area contributed by atoms with E-state index in [4.69, 9.17) is 4.42 Å². The molecule has 1 aliphatic rings. The van der Waals surface area contributed by atoms with Gasteiger partial charge in [-0.1, -0.05) is 25.1 Å². The molecule has 0 aliphatic carbocycles. The summed E-state index contributed by atoms with van der Waals surface area (Å²) in [5, 5.41) is 3.60. The maximum atomic E-state index is 13.3. The molecule has 26 heavy (non-hydrogen) atoms. The quantitative estimate of drug-likeness (QED) is 0.789. The predicted molar refractivity (Wildman–Crippen MR) is 97.6 cm³/mol. The summed E-state index contributed by atoms with van der Waals surface area (Å²) in [4.78, 5) is 31.8. The SMILES string of the molecule is CCC1C(=O)NCCN1C(=O)c1cc(-c2ccco2)nc2ccccc12. The molecule has 132 valence electrons. The third-order valence-electron chi connectivity index (χ3n) is 4.70. The lowest BCUT2D eigenvalue weighted by Gasteiger charge is -2.34. The number of fused-ring (bicyclic) bond motifs is 1. The van der Waals surface area contributed by atoms with Gasteiger partial charge in [-0.25, -0.2) is 4.98 Å². The van der Waals surface area contributed by atoms with Crippen LogP contribution in [0, 0.1) is 0 Å². The number of pyridine rings is 1. The number of aromatic nitrogens is 1. The highest BCUT2D eigenvalue weighted by Gasteiger charge is 2.33. The number of nitrogens with zero attached hydrogens (tertiary/aromatic N) is 2. The van der Waals surface area contributed by atoms with Gasteiger partial charge in [0.05, 0.1) is 17.3 Å². The average molecular weight is 349 g/mol. The van der Waals surface area contributed by atoms with Gasteiger partial charge in [-0.05, 0) is 30.7 Å². The first-order valence-corrected chi connectivity index (χ1v) is 8.71. The Labute approximate surface area is 150 Å². The second-order valence-electron chi connectivity index (χ2n) is 6.26. The Hall–Kier alpha value is -3.15. The minimum absolute atomic E-state index is 0.100. The number of hydrogen-bond acceptors (Lipinski definition) is 4. The van der Waals surface area contributed by atoms with Gasteiger partial charge < -0.3 is 14.6 Å². The predicted octanol–water partition coefficient (Wildman–Crippen LogP) is 2.85. The summed E-state index contributed by atoms with van der Waals surface area (Å²) < 4.78 is 5.46. The molecule has 0 spiro atoms. The summed E-state index contributed by atoms with van der Waals surface area (Å²) in [5.41, 5.74) is 1.86. The molecule has 1 fully saturated rings. The number of nitrogens with one attached hydrogen (secondary N) is 1. The molecule has 1 aliphatic heterocycles. The van der Waals surface area contributed by atoms with Crippen molar-refractivity contribution in [3.63, 3.8) is 0 Å². The lowest BCUT2D eigenvalue weighted by molar-refractivity contribution is -0.127. The molecule has 1 saturated heterocycles. The molecule has 6 heteroatoms. The van der Waals surface area contributed by atoms with Crippen LogP contribution >= 0.6 is 0 Å². The second kappa shape index (κ2) is 6.63. The Kier molecular flexibility index (Phi) is 4.16. The Morgan fingerprint density at radius 1 is 1.31 bits per heavy atom. The summed E-state index contributed by atoms with van der Waals surface area (Å²) in [7, 11) is 0. The van der Waals surface area contributed by atoms with Crippen LogP contribution in [0.1, 0.15) is 23.7 Å². The molecule has 3 aromatic rings. The number of carbonyl (C=O) groups is 2. The van der Waals surface area contributed by atoms with Crippen molar-refractivity contribution in [2.24, 2.45) is 0 Å². The number of furan rings is 1. The Bertz CT molecular complexity index is 966. The fourth-order valence-electron chi connectivity index (χ4n) is 3.42. The van der Waals surface area contributed by atoms with Crippen molar-refractivity contribution < 1.29 is 14.0 Å². The van der Waals surface area contributed by atoms with Crippen LogP contribution < -0.4 is 5.32 Å². The van der Waals surface area contributed by atoms with Gasteiger partial charge in [-0.15, -0.1) is 0 Å². The van der Waals surface area contributed by atoms with Crippen molar-refractivity contribution in [1.29, 1.82) is 0 Å². The van der Waals surface area contributed by atoms with Crippen molar-refractivity contribution in [1.82, 2.24) is 15.2 Å². The highest BCUT2D eigenvalue weighted by molar-refractivity contribution is 6.08. The van der Waals surface area contributed by atoms with E-state index >= 15 is 0 Å². The maximum absolute atomic E-state index is 13.3. The molecule has 2 aromatic heterocycles. The van der Waals surface area contributed by atoms with E-state index in [0.29, 0.717) is 36.5 Å². The van der Waals surface area contributed by atoms with Crippen molar-refractivity contribution in [2.45, 2.75) is 19.4 Å². The third kappa shape index (κ3) is 2.73. The molecule has 2 amide bonds. The van der Waals surface area contributed by atoms with Gasteiger partial charge >= 0.3 is 0 Å². The first-order valence-electron chi connectivity index (χ1n) is 8.71. The Morgan fingerprint density at radius 3 is 2.92 bits per heavy atom. The first kappa shape index (κ1) is 16.3. The number of amides is 2. The monoisotopic (exact) mass is 349 g/mol. The second-order valence-corrected chi connectivity index (χ2v) is 6.26. The van der Waals surface area contributed by atoms with Gasteiger partial charge in [0.15, 0.2) is 5.76 Å². The summed E-state index contributed by atoms with van der Waals surface area (Å²) in [6.07, 6.45) is 2.15. The highest BCUT2D eigenvalue weighted by atomic mass is 16.3. The summed E-state index contributed by atoms with van der Waals surface area (Å²) in [6.45, 7) is 2.87. The van der Waals surface area contributed by atoms with E-state index in [1.54, 1.807) is 23.3 Å². The van der Waals surface area contributed by atoms with E-state index in [0.717, 1.165) is 10.9 Å². The topological polar surface area (TPSA) is 75.4 Å². The van der Waals surface area contributed by atoms with E-state index in [1.165, 1.54) is 0 Å². The minimum Gasteiger partial charge on any atom is -0.463 e. The maximum Gasteiger partial charge on any atom is 0.255 e. The standard InChI is InChI=1S/C20H19N3O3/c1-2-17-19(24)21-9-10-23(17)20(25)14-12-16(18-8-5-11-26-18)22-15-7-4-3-6-13(14)15/h3-8,11-12,17H,2,9-10H2,1H3,(H,21,24). The molecule has 1 unspecified atom stereocenters. The number of carbonyl (C=O) groups excluding carboxylic acids is 2. The molecule has 1 aromatic carbocycles. The van der Waals surface area contributed by atoms with Crippen molar-refractivity contribution in [3.05, 3.63) is 54.3 Å². The van der Waals surface area contributed by atoms with Crippen LogP contribution in [-0.2, 0) is 4.79 Å². The van der Waals surface area contributed by atoms with Gasteiger partial charge in [0.1, 0.15) is 11.7 Å². The highest BCUT2D eigenvalue weighted by Crippen LogP contribution is 2.27. The van der Waals surface area contributed by atoms with Crippen LogP contribution in [0.25, 0.3) is 22.4 Å². The average Bonchev–Trinajstić information content (AvgIpc) is 3.21. The van der Waals surface area contributed by atoms with Crippen molar-refractivity contribution in [2.75, 3.05) is 13.1 Å². The zero-order valence-corrected chi connectivity index (χ0v) is 14.4. The molecule has 1 N–H and O–H groups in total. The van der Waals surface area contributed by atoms with Gasteiger partial charge in [0.25, 0.3) is 5.91 Å². The molecule has 0 radical (unpaired) electrons. The van der Waals surface area contributed by atoms with Gasteiger partial charge in [-0.3, -0.25) is 9.59 Å². The van der Waals surface area contributed by atoms with Crippen LogP contribution in [0.5, 0.6) is 0 Å². The summed E-state index contributed by atoms with van der Waals surface area (Å²) >= 11 is 0. The van der Waals surface area contributed by atoms with Crippen molar-refractivity contribution >= 4 is 22.7 Å². The lowest BCUT2D eigenvalue weighted by Crippen LogP contribution is -2.56. The number of piperazine rings is 1. The Balaban J connectivity index is 1.84. The fraction of sp³-hybridized carbons (Fsp3) is 0.250. The van der Waals surface area contributed by atoms with E-state index < -0.39 is 6.04 Å². The summed E-state index contributed by atoms with van der Waals surface area (Å²) in [5.74, 6) is 0.350. The number of para-hydroxylation sites is 1. The number of rotatable bonds is 3. The number of benzene rings is 1. The van der Waals surface area contributed by atoms with E-state index in [2.05, 4.69) is 10.3 Å². The molecule has 1 atom stereocenters. The van der Waals surface area contributed by atoms with E-state index in [-0.39, 0.29) is 11.8 Å². The smallest absolute Gasteiger partial charge is 0.255 e. The molecular weight excluding hydrogens is 330 g/mol. The lowest BCUT2D eigenvalue weighted by atomic mass is 10.0.